The van der Waals surface area contributed by atoms with Crippen molar-refractivity contribution >= 4 is 32.7 Å². The lowest BCUT2D eigenvalue weighted by atomic mass is 10.2. The first kappa shape index (κ1) is 12.0. The number of halogens is 1. The molecule has 5 nitrogen and oxygen atoms in total. The van der Waals surface area contributed by atoms with Gasteiger partial charge in [0.1, 0.15) is 0 Å². The predicted molar refractivity (Wildman–Crippen MR) is 78.2 cm³/mol. The molecule has 0 aliphatic carbocycles. The van der Waals surface area contributed by atoms with Crippen LogP contribution in [0.25, 0.3) is 11.0 Å². The Morgan fingerprint density at radius 1 is 1.16 bits per heavy atom. The lowest BCUT2D eigenvalue weighted by molar-refractivity contribution is 1.04. The molecular weight excluding hydrogens is 308 g/mol. The highest BCUT2D eigenvalue weighted by Gasteiger charge is 2.00. The van der Waals surface area contributed by atoms with Gasteiger partial charge in [-0.05, 0) is 46.3 Å². The SMILES string of the molecule is O=c1[nH]c2ccc(NCc3ccc(Br)cn3)cc2[nH]1. The molecule has 0 saturated heterocycles. The summed E-state index contributed by atoms with van der Waals surface area (Å²) in [5, 5.41) is 3.27. The second-order valence-corrected chi connectivity index (χ2v) is 5.08. The Morgan fingerprint density at radius 3 is 2.79 bits per heavy atom. The fourth-order valence-corrected chi connectivity index (χ4v) is 2.08. The average molecular weight is 319 g/mol. The van der Waals surface area contributed by atoms with Gasteiger partial charge in [-0.15, -0.1) is 0 Å². The molecule has 19 heavy (non-hydrogen) atoms. The van der Waals surface area contributed by atoms with Crippen LogP contribution in [-0.4, -0.2) is 15.0 Å². The Balaban J connectivity index is 1.77. The number of aromatic amines is 2. The first-order valence-corrected chi connectivity index (χ1v) is 6.56. The highest BCUT2D eigenvalue weighted by Crippen LogP contribution is 2.15. The maximum atomic E-state index is 11.2. The lowest BCUT2D eigenvalue weighted by Crippen LogP contribution is -2.01. The molecule has 0 aliphatic heterocycles. The Morgan fingerprint density at radius 2 is 2.00 bits per heavy atom. The number of pyridine rings is 1. The Bertz CT molecular complexity index is 760. The van der Waals surface area contributed by atoms with Gasteiger partial charge in [-0.2, -0.15) is 0 Å². The summed E-state index contributed by atoms with van der Waals surface area (Å²) < 4.78 is 0.961. The topological polar surface area (TPSA) is 73.6 Å². The van der Waals surface area contributed by atoms with E-state index in [4.69, 9.17) is 0 Å². The van der Waals surface area contributed by atoms with Crippen molar-refractivity contribution in [1.82, 2.24) is 15.0 Å². The number of benzene rings is 1. The van der Waals surface area contributed by atoms with E-state index < -0.39 is 0 Å². The van der Waals surface area contributed by atoms with E-state index >= 15 is 0 Å². The lowest BCUT2D eigenvalue weighted by Gasteiger charge is -2.05. The molecule has 1 aromatic carbocycles. The van der Waals surface area contributed by atoms with Crippen molar-refractivity contribution in [3.05, 3.63) is 57.2 Å². The van der Waals surface area contributed by atoms with Gasteiger partial charge in [0.2, 0.25) is 0 Å². The van der Waals surface area contributed by atoms with Gasteiger partial charge in [-0.3, -0.25) is 4.98 Å². The molecule has 6 heteroatoms. The van der Waals surface area contributed by atoms with Gasteiger partial charge in [0.05, 0.1) is 23.3 Å². The molecule has 0 bridgehead atoms. The molecule has 96 valence electrons. The molecule has 0 spiro atoms. The number of hydrogen-bond acceptors (Lipinski definition) is 3. The third kappa shape index (κ3) is 2.68. The fraction of sp³-hybridized carbons (Fsp3) is 0.0769. The van der Waals surface area contributed by atoms with E-state index in [0.29, 0.717) is 6.54 Å². The van der Waals surface area contributed by atoms with Gasteiger partial charge in [0, 0.05) is 16.4 Å². The number of anilines is 1. The number of nitrogens with zero attached hydrogens (tertiary/aromatic N) is 1. The predicted octanol–water partition coefficient (Wildman–Crippen LogP) is 2.63. The highest BCUT2D eigenvalue weighted by atomic mass is 79.9. The zero-order chi connectivity index (χ0) is 13.2. The van der Waals surface area contributed by atoms with E-state index in [-0.39, 0.29) is 5.69 Å². The first-order chi connectivity index (χ1) is 9.20. The summed E-state index contributed by atoms with van der Waals surface area (Å²) in [7, 11) is 0. The van der Waals surface area contributed by atoms with Crippen molar-refractivity contribution in [1.29, 1.82) is 0 Å². The number of fused-ring (bicyclic) bond motifs is 1. The van der Waals surface area contributed by atoms with Crippen molar-refractivity contribution in [2.75, 3.05) is 5.32 Å². The summed E-state index contributed by atoms with van der Waals surface area (Å²) in [4.78, 5) is 20.9. The van der Waals surface area contributed by atoms with Crippen molar-refractivity contribution in [3.63, 3.8) is 0 Å². The molecule has 0 saturated carbocycles. The molecule has 0 amide bonds. The standard InChI is InChI=1S/C13H11BrN4O/c14-8-1-2-10(15-6-8)7-16-9-3-4-11-12(5-9)18-13(19)17-11/h1-6,16H,7H2,(H2,17,18,19). The largest absolute Gasteiger partial charge is 0.379 e. The number of imidazole rings is 1. The second-order valence-electron chi connectivity index (χ2n) is 4.16. The van der Waals surface area contributed by atoms with Gasteiger partial charge in [-0.1, -0.05) is 0 Å². The molecule has 0 aliphatic rings. The second kappa shape index (κ2) is 4.89. The van der Waals surface area contributed by atoms with Crippen LogP contribution in [-0.2, 0) is 6.54 Å². The van der Waals surface area contributed by atoms with Crippen LogP contribution >= 0.6 is 15.9 Å². The van der Waals surface area contributed by atoms with Crippen LogP contribution in [0.3, 0.4) is 0 Å². The van der Waals surface area contributed by atoms with Gasteiger partial charge in [0.15, 0.2) is 0 Å². The third-order valence-electron chi connectivity index (χ3n) is 2.78. The smallest absolute Gasteiger partial charge is 0.323 e. The summed E-state index contributed by atoms with van der Waals surface area (Å²) in [6.07, 6.45) is 1.77. The van der Waals surface area contributed by atoms with Crippen LogP contribution in [0.4, 0.5) is 5.69 Å². The van der Waals surface area contributed by atoms with E-state index in [0.717, 1.165) is 26.9 Å². The van der Waals surface area contributed by atoms with E-state index in [1.54, 1.807) is 6.20 Å². The number of rotatable bonds is 3. The summed E-state index contributed by atoms with van der Waals surface area (Å²) >= 11 is 3.35. The van der Waals surface area contributed by atoms with Crippen molar-refractivity contribution < 1.29 is 0 Å². The van der Waals surface area contributed by atoms with E-state index in [1.165, 1.54) is 0 Å². The van der Waals surface area contributed by atoms with E-state index in [9.17, 15) is 4.79 Å². The summed E-state index contributed by atoms with van der Waals surface area (Å²) in [5.74, 6) is 0. The van der Waals surface area contributed by atoms with Crippen LogP contribution < -0.4 is 11.0 Å². The van der Waals surface area contributed by atoms with Gasteiger partial charge < -0.3 is 15.3 Å². The minimum absolute atomic E-state index is 0.193. The van der Waals surface area contributed by atoms with Crippen molar-refractivity contribution in [2.45, 2.75) is 6.54 Å². The van der Waals surface area contributed by atoms with Crippen LogP contribution in [0, 0.1) is 0 Å². The van der Waals surface area contributed by atoms with E-state index in [1.807, 2.05) is 30.3 Å². The third-order valence-corrected chi connectivity index (χ3v) is 3.25. The fourth-order valence-electron chi connectivity index (χ4n) is 1.85. The van der Waals surface area contributed by atoms with Crippen LogP contribution in [0.15, 0.2) is 45.8 Å². The average Bonchev–Trinajstić information content (AvgIpc) is 2.77. The number of hydrogen-bond donors (Lipinski definition) is 3. The summed E-state index contributed by atoms with van der Waals surface area (Å²) in [6, 6.07) is 9.59. The minimum atomic E-state index is -0.193. The van der Waals surface area contributed by atoms with Gasteiger partial charge >= 0.3 is 5.69 Å². The zero-order valence-corrected chi connectivity index (χ0v) is 11.5. The molecule has 3 aromatic rings. The maximum Gasteiger partial charge on any atom is 0.323 e. The van der Waals surface area contributed by atoms with Crippen LogP contribution in [0.5, 0.6) is 0 Å². The molecule has 0 fully saturated rings. The molecule has 0 unspecified atom stereocenters. The Labute approximate surface area is 117 Å². The van der Waals surface area contributed by atoms with Gasteiger partial charge in [0.25, 0.3) is 0 Å². The summed E-state index contributed by atoms with van der Waals surface area (Å²) in [5.41, 5.74) is 3.29. The zero-order valence-electron chi connectivity index (χ0n) is 9.90. The van der Waals surface area contributed by atoms with Gasteiger partial charge in [-0.25, -0.2) is 4.79 Å². The van der Waals surface area contributed by atoms with Crippen molar-refractivity contribution in [2.24, 2.45) is 0 Å². The molecule has 3 rings (SSSR count). The minimum Gasteiger partial charge on any atom is -0.379 e. The molecule has 3 N–H and O–H groups in total. The Hall–Kier alpha value is -2.08. The summed E-state index contributed by atoms with van der Waals surface area (Å²) in [6.45, 7) is 0.632. The number of aromatic nitrogens is 3. The quantitative estimate of drug-likeness (QED) is 0.695. The Kier molecular flexibility index (Phi) is 3.08. The maximum absolute atomic E-state index is 11.2. The molecule has 0 atom stereocenters. The number of H-pyrrole nitrogens is 2. The van der Waals surface area contributed by atoms with E-state index in [2.05, 4.69) is 36.2 Å². The monoisotopic (exact) mass is 318 g/mol. The highest BCUT2D eigenvalue weighted by molar-refractivity contribution is 9.10. The van der Waals surface area contributed by atoms with Crippen LogP contribution in [0.1, 0.15) is 5.69 Å². The molecule has 2 aromatic heterocycles. The molecule has 2 heterocycles. The van der Waals surface area contributed by atoms with Crippen molar-refractivity contribution in [3.8, 4) is 0 Å². The normalized spacial score (nSPS) is 10.8. The number of nitrogens with one attached hydrogen (secondary N) is 3. The van der Waals surface area contributed by atoms with Crippen LogP contribution in [0.2, 0.25) is 0 Å². The molecule has 0 radical (unpaired) electrons. The molecular formula is C13H11BrN4O. The first-order valence-electron chi connectivity index (χ1n) is 5.77.